The van der Waals surface area contributed by atoms with Crippen molar-refractivity contribution in [3.05, 3.63) is 0 Å². The first-order valence-corrected chi connectivity index (χ1v) is 8.00. The molecule has 18 heavy (non-hydrogen) atoms. The molecule has 2 N–H and O–H groups in total. The van der Waals surface area contributed by atoms with Gasteiger partial charge in [0.05, 0.1) is 11.7 Å². The second kappa shape index (κ2) is 5.17. The first-order valence-electron chi connectivity index (χ1n) is 6.34. The molecule has 0 radical (unpaired) electrons. The van der Waals surface area contributed by atoms with Crippen LogP contribution in [0.3, 0.4) is 0 Å². The second-order valence-electron chi connectivity index (χ2n) is 5.71. The molecule has 6 heteroatoms. The van der Waals surface area contributed by atoms with Crippen LogP contribution in [-0.2, 0) is 14.8 Å². The van der Waals surface area contributed by atoms with E-state index in [-0.39, 0.29) is 17.7 Å². The number of carbonyl (C=O) groups is 1. The summed E-state index contributed by atoms with van der Waals surface area (Å²) in [4.78, 5) is 11.2. The number of nitrogens with one attached hydrogen (secondary N) is 1. The van der Waals surface area contributed by atoms with Crippen LogP contribution in [0.2, 0.25) is 0 Å². The molecule has 1 rings (SSSR count). The van der Waals surface area contributed by atoms with Gasteiger partial charge in [0.1, 0.15) is 0 Å². The van der Waals surface area contributed by atoms with E-state index in [2.05, 4.69) is 4.72 Å². The van der Waals surface area contributed by atoms with E-state index in [9.17, 15) is 18.3 Å². The third-order valence-electron chi connectivity index (χ3n) is 4.45. The van der Waals surface area contributed by atoms with Crippen LogP contribution < -0.4 is 4.72 Å². The highest BCUT2D eigenvalue weighted by Gasteiger charge is 2.46. The lowest BCUT2D eigenvalue weighted by molar-refractivity contribution is -0.150. The Balaban J connectivity index is 2.88. The van der Waals surface area contributed by atoms with Crippen molar-refractivity contribution in [2.24, 2.45) is 17.3 Å². The largest absolute Gasteiger partial charge is 0.481 e. The molecule has 0 aromatic heterocycles. The van der Waals surface area contributed by atoms with Crippen LogP contribution in [0, 0.1) is 17.3 Å². The normalized spacial score (nSPS) is 32.1. The summed E-state index contributed by atoms with van der Waals surface area (Å²) in [6.45, 7) is 7.34. The molecule has 3 atom stereocenters. The SMILES string of the molecule is CCS(=O)(=O)NC1CCC(C(=O)O)C(C)(C)C1C. The summed E-state index contributed by atoms with van der Waals surface area (Å²) in [5.74, 6) is -1.15. The van der Waals surface area contributed by atoms with Crippen LogP contribution in [0.15, 0.2) is 0 Å². The smallest absolute Gasteiger partial charge is 0.307 e. The van der Waals surface area contributed by atoms with Crippen molar-refractivity contribution >= 4 is 16.0 Å². The van der Waals surface area contributed by atoms with E-state index in [0.29, 0.717) is 12.8 Å². The second-order valence-corrected chi connectivity index (χ2v) is 7.75. The van der Waals surface area contributed by atoms with Crippen molar-refractivity contribution in [3.8, 4) is 0 Å². The molecule has 1 fully saturated rings. The topological polar surface area (TPSA) is 83.5 Å². The molecular formula is C12H23NO4S. The Morgan fingerprint density at radius 2 is 1.94 bits per heavy atom. The number of carboxylic acid groups (broad SMARTS) is 1. The number of aliphatic carboxylic acids is 1. The van der Waals surface area contributed by atoms with Gasteiger partial charge in [-0.05, 0) is 31.1 Å². The first kappa shape index (κ1) is 15.4. The molecule has 0 aliphatic heterocycles. The zero-order valence-electron chi connectivity index (χ0n) is 11.4. The van der Waals surface area contributed by atoms with Gasteiger partial charge in [-0.3, -0.25) is 4.79 Å². The highest BCUT2D eigenvalue weighted by Crippen LogP contribution is 2.45. The number of sulfonamides is 1. The Morgan fingerprint density at radius 1 is 1.39 bits per heavy atom. The molecule has 0 heterocycles. The van der Waals surface area contributed by atoms with Crippen molar-refractivity contribution in [2.75, 3.05) is 5.75 Å². The maximum Gasteiger partial charge on any atom is 0.307 e. The minimum absolute atomic E-state index is 0.00586. The monoisotopic (exact) mass is 277 g/mol. The highest BCUT2D eigenvalue weighted by atomic mass is 32.2. The average molecular weight is 277 g/mol. The van der Waals surface area contributed by atoms with Gasteiger partial charge in [-0.1, -0.05) is 20.8 Å². The first-order chi connectivity index (χ1) is 8.12. The van der Waals surface area contributed by atoms with Crippen molar-refractivity contribution in [1.29, 1.82) is 0 Å². The lowest BCUT2D eigenvalue weighted by atomic mass is 9.61. The van der Waals surface area contributed by atoms with Crippen molar-refractivity contribution in [2.45, 2.75) is 46.6 Å². The van der Waals surface area contributed by atoms with E-state index in [1.54, 1.807) is 6.92 Å². The molecule has 0 aromatic rings. The van der Waals surface area contributed by atoms with Crippen molar-refractivity contribution in [1.82, 2.24) is 4.72 Å². The maximum absolute atomic E-state index is 11.6. The van der Waals surface area contributed by atoms with E-state index >= 15 is 0 Å². The van der Waals surface area contributed by atoms with Crippen LogP contribution in [0.1, 0.15) is 40.5 Å². The molecular weight excluding hydrogens is 254 g/mol. The molecule has 1 saturated carbocycles. The summed E-state index contributed by atoms with van der Waals surface area (Å²) in [6, 6.07) is -0.166. The van der Waals surface area contributed by atoms with Gasteiger partial charge in [-0.15, -0.1) is 0 Å². The molecule has 0 amide bonds. The Labute approximate surface area is 109 Å². The summed E-state index contributed by atoms with van der Waals surface area (Å²) < 4.78 is 25.9. The molecule has 1 aliphatic rings. The van der Waals surface area contributed by atoms with Gasteiger partial charge in [0.15, 0.2) is 0 Å². The van der Waals surface area contributed by atoms with Gasteiger partial charge >= 0.3 is 5.97 Å². The fraction of sp³-hybridized carbons (Fsp3) is 0.917. The number of carboxylic acids is 1. The lowest BCUT2D eigenvalue weighted by Crippen LogP contribution is -2.52. The van der Waals surface area contributed by atoms with Gasteiger partial charge in [0, 0.05) is 6.04 Å². The predicted octanol–water partition coefficient (Wildman–Crippen LogP) is 1.45. The molecule has 3 unspecified atom stereocenters. The van der Waals surface area contributed by atoms with E-state index in [4.69, 9.17) is 0 Å². The average Bonchev–Trinajstić information content (AvgIpc) is 2.24. The molecule has 0 spiro atoms. The molecule has 106 valence electrons. The molecule has 0 saturated heterocycles. The van der Waals surface area contributed by atoms with E-state index in [0.717, 1.165) is 0 Å². The Bertz CT molecular complexity index is 416. The summed E-state index contributed by atoms with van der Waals surface area (Å²) >= 11 is 0. The zero-order valence-corrected chi connectivity index (χ0v) is 12.3. The summed E-state index contributed by atoms with van der Waals surface area (Å²) in [6.07, 6.45) is 1.10. The summed E-state index contributed by atoms with van der Waals surface area (Å²) in [5.41, 5.74) is -0.412. The fourth-order valence-electron chi connectivity index (χ4n) is 2.72. The quantitative estimate of drug-likeness (QED) is 0.814. The van der Waals surface area contributed by atoms with E-state index in [1.165, 1.54) is 0 Å². The summed E-state index contributed by atoms with van der Waals surface area (Å²) in [7, 11) is -3.24. The minimum Gasteiger partial charge on any atom is -0.481 e. The van der Waals surface area contributed by atoms with Crippen LogP contribution in [-0.4, -0.2) is 31.3 Å². The van der Waals surface area contributed by atoms with Crippen LogP contribution >= 0.6 is 0 Å². The molecule has 0 bridgehead atoms. The van der Waals surface area contributed by atoms with Crippen molar-refractivity contribution in [3.63, 3.8) is 0 Å². The number of hydrogen-bond acceptors (Lipinski definition) is 3. The molecule has 0 aromatic carbocycles. The Kier molecular flexibility index (Phi) is 4.43. The minimum atomic E-state index is -3.24. The zero-order chi connectivity index (χ0) is 14.1. The molecule has 5 nitrogen and oxygen atoms in total. The Morgan fingerprint density at radius 3 is 2.39 bits per heavy atom. The van der Waals surface area contributed by atoms with Crippen LogP contribution in [0.4, 0.5) is 0 Å². The third-order valence-corrected chi connectivity index (χ3v) is 5.87. The van der Waals surface area contributed by atoms with Crippen LogP contribution in [0.25, 0.3) is 0 Å². The Hall–Kier alpha value is -0.620. The van der Waals surface area contributed by atoms with Gasteiger partial charge in [0.25, 0.3) is 0 Å². The van der Waals surface area contributed by atoms with E-state index in [1.807, 2.05) is 20.8 Å². The summed E-state index contributed by atoms with van der Waals surface area (Å²) in [5, 5.41) is 9.22. The third kappa shape index (κ3) is 3.03. The molecule has 1 aliphatic carbocycles. The maximum atomic E-state index is 11.6. The van der Waals surface area contributed by atoms with Crippen LogP contribution in [0.5, 0.6) is 0 Å². The van der Waals surface area contributed by atoms with Gasteiger partial charge in [-0.2, -0.15) is 0 Å². The predicted molar refractivity (Wildman–Crippen MR) is 69.7 cm³/mol. The lowest BCUT2D eigenvalue weighted by Gasteiger charge is -2.46. The van der Waals surface area contributed by atoms with Gasteiger partial charge < -0.3 is 5.11 Å². The number of hydrogen-bond donors (Lipinski definition) is 2. The fourth-order valence-corrected chi connectivity index (χ4v) is 3.67. The standard InChI is InChI=1S/C12H23NO4S/c1-5-18(16,17)13-10-7-6-9(11(14)15)12(3,4)8(10)2/h8-10,13H,5-7H2,1-4H3,(H,14,15). The van der Waals surface area contributed by atoms with Crippen molar-refractivity contribution < 1.29 is 18.3 Å². The number of rotatable bonds is 4. The highest BCUT2D eigenvalue weighted by molar-refractivity contribution is 7.89. The van der Waals surface area contributed by atoms with Gasteiger partial charge in [0.2, 0.25) is 10.0 Å². The van der Waals surface area contributed by atoms with E-state index < -0.39 is 27.3 Å². The van der Waals surface area contributed by atoms with Gasteiger partial charge in [-0.25, -0.2) is 13.1 Å².